The van der Waals surface area contributed by atoms with Gasteiger partial charge in [-0.3, -0.25) is 0 Å². The smallest absolute Gasteiger partial charge is 0.0367 e. The number of hydrogen-bond acceptors (Lipinski definition) is 2. The predicted octanol–water partition coefficient (Wildman–Crippen LogP) is 2.31. The first-order chi connectivity index (χ1) is 7.07. The van der Waals surface area contributed by atoms with Gasteiger partial charge in [0.15, 0.2) is 0 Å². The molecule has 0 radical (unpaired) electrons. The van der Waals surface area contributed by atoms with Gasteiger partial charge in [0.2, 0.25) is 0 Å². The zero-order valence-corrected chi connectivity index (χ0v) is 9.66. The molecule has 1 heterocycles. The highest BCUT2D eigenvalue weighted by Gasteiger charge is 2.26. The number of anilines is 1. The highest BCUT2D eigenvalue weighted by Crippen LogP contribution is 2.24. The molecule has 1 aromatic carbocycles. The van der Waals surface area contributed by atoms with E-state index in [0.717, 1.165) is 19.5 Å². The molecule has 1 aliphatic heterocycles. The molecule has 1 atom stereocenters. The molecule has 0 aromatic heterocycles. The molecule has 2 N–H and O–H groups in total. The number of benzene rings is 1. The molecule has 2 rings (SSSR count). The third-order valence-corrected chi connectivity index (χ3v) is 3.13. The number of hydrogen-bond donors (Lipinski definition) is 1. The van der Waals surface area contributed by atoms with Gasteiger partial charge < -0.3 is 10.6 Å². The summed E-state index contributed by atoms with van der Waals surface area (Å²) in [6, 6.07) is 8.71. The minimum atomic E-state index is -0.0247. The Labute approximate surface area is 92.1 Å². The molecule has 1 unspecified atom stereocenters. The molecule has 15 heavy (non-hydrogen) atoms. The SMILES string of the molecule is Cc1ccc(N2CCCC(C)(N)C2)cc1. The topological polar surface area (TPSA) is 29.3 Å². The van der Waals surface area contributed by atoms with Gasteiger partial charge in [0.25, 0.3) is 0 Å². The second-order valence-electron chi connectivity index (χ2n) is 5.01. The average Bonchev–Trinajstić information content (AvgIpc) is 2.17. The predicted molar refractivity (Wildman–Crippen MR) is 65.2 cm³/mol. The van der Waals surface area contributed by atoms with Crippen LogP contribution < -0.4 is 10.6 Å². The number of nitrogens with two attached hydrogens (primary N) is 1. The first-order valence-electron chi connectivity index (χ1n) is 5.67. The number of aryl methyl sites for hydroxylation is 1. The van der Waals surface area contributed by atoms with Crippen molar-refractivity contribution in [3.05, 3.63) is 29.8 Å². The fourth-order valence-electron chi connectivity index (χ4n) is 2.24. The van der Waals surface area contributed by atoms with Gasteiger partial charge in [-0.05, 0) is 38.8 Å². The van der Waals surface area contributed by atoms with Crippen molar-refractivity contribution in [1.82, 2.24) is 0 Å². The largest absolute Gasteiger partial charge is 0.370 e. The molecule has 1 saturated heterocycles. The van der Waals surface area contributed by atoms with Crippen LogP contribution in [0.25, 0.3) is 0 Å². The first kappa shape index (κ1) is 10.5. The van der Waals surface area contributed by atoms with Crippen LogP contribution in [0, 0.1) is 6.92 Å². The van der Waals surface area contributed by atoms with Crippen molar-refractivity contribution in [1.29, 1.82) is 0 Å². The van der Waals surface area contributed by atoms with E-state index in [4.69, 9.17) is 5.73 Å². The molecule has 0 aliphatic carbocycles. The van der Waals surface area contributed by atoms with Crippen molar-refractivity contribution in [3.63, 3.8) is 0 Å². The van der Waals surface area contributed by atoms with E-state index in [-0.39, 0.29) is 5.54 Å². The third-order valence-electron chi connectivity index (χ3n) is 3.13. The second-order valence-corrected chi connectivity index (χ2v) is 5.01. The molecular formula is C13H20N2. The van der Waals surface area contributed by atoms with Gasteiger partial charge in [-0.2, -0.15) is 0 Å². The minimum absolute atomic E-state index is 0.0247. The number of piperidine rings is 1. The maximum absolute atomic E-state index is 6.19. The van der Waals surface area contributed by atoms with E-state index in [9.17, 15) is 0 Å². The summed E-state index contributed by atoms with van der Waals surface area (Å²) in [7, 11) is 0. The molecule has 0 amide bonds. The summed E-state index contributed by atoms with van der Waals surface area (Å²) in [4.78, 5) is 2.39. The van der Waals surface area contributed by atoms with Crippen LogP contribution >= 0.6 is 0 Å². The fourth-order valence-corrected chi connectivity index (χ4v) is 2.24. The number of nitrogens with zero attached hydrogens (tertiary/aromatic N) is 1. The van der Waals surface area contributed by atoms with Gasteiger partial charge in [-0.1, -0.05) is 17.7 Å². The summed E-state index contributed by atoms with van der Waals surface area (Å²) in [5, 5.41) is 0. The van der Waals surface area contributed by atoms with Crippen molar-refractivity contribution in [2.24, 2.45) is 5.73 Å². The molecule has 2 nitrogen and oxygen atoms in total. The fraction of sp³-hybridized carbons (Fsp3) is 0.538. The molecule has 82 valence electrons. The second kappa shape index (κ2) is 3.86. The van der Waals surface area contributed by atoms with E-state index >= 15 is 0 Å². The van der Waals surface area contributed by atoms with Crippen LogP contribution in [0.4, 0.5) is 5.69 Å². The summed E-state index contributed by atoms with van der Waals surface area (Å²) >= 11 is 0. The Morgan fingerprint density at radius 2 is 1.93 bits per heavy atom. The summed E-state index contributed by atoms with van der Waals surface area (Å²) in [5.41, 5.74) is 8.78. The standard InChI is InChI=1S/C13H20N2/c1-11-4-6-12(7-5-11)15-9-3-8-13(2,14)10-15/h4-7H,3,8-10,14H2,1-2H3. The highest BCUT2D eigenvalue weighted by atomic mass is 15.2. The molecule has 0 saturated carbocycles. The lowest BCUT2D eigenvalue weighted by Crippen LogP contribution is -2.52. The van der Waals surface area contributed by atoms with E-state index in [1.165, 1.54) is 17.7 Å². The van der Waals surface area contributed by atoms with Crippen LogP contribution in [0.2, 0.25) is 0 Å². The lowest BCUT2D eigenvalue weighted by atomic mass is 9.92. The minimum Gasteiger partial charge on any atom is -0.370 e. The third kappa shape index (κ3) is 2.51. The zero-order chi connectivity index (χ0) is 10.9. The first-order valence-corrected chi connectivity index (χ1v) is 5.67. The monoisotopic (exact) mass is 204 g/mol. The van der Waals surface area contributed by atoms with Gasteiger partial charge in [0, 0.05) is 24.3 Å². The lowest BCUT2D eigenvalue weighted by Gasteiger charge is -2.39. The van der Waals surface area contributed by atoms with Crippen LogP contribution in [-0.2, 0) is 0 Å². The molecule has 1 aromatic rings. The van der Waals surface area contributed by atoms with Crippen LogP contribution in [-0.4, -0.2) is 18.6 Å². The van der Waals surface area contributed by atoms with E-state index in [1.54, 1.807) is 0 Å². The van der Waals surface area contributed by atoms with Crippen molar-refractivity contribution in [3.8, 4) is 0 Å². The van der Waals surface area contributed by atoms with Crippen molar-refractivity contribution >= 4 is 5.69 Å². The molecular weight excluding hydrogens is 184 g/mol. The summed E-state index contributed by atoms with van der Waals surface area (Å²) in [5.74, 6) is 0. The van der Waals surface area contributed by atoms with Gasteiger partial charge in [0.1, 0.15) is 0 Å². The molecule has 1 aliphatic rings. The Kier molecular flexibility index (Phi) is 2.70. The zero-order valence-electron chi connectivity index (χ0n) is 9.66. The van der Waals surface area contributed by atoms with E-state index in [2.05, 4.69) is 43.0 Å². The maximum atomic E-state index is 6.19. The van der Waals surface area contributed by atoms with Crippen LogP contribution in [0.5, 0.6) is 0 Å². The normalized spacial score (nSPS) is 26.7. The van der Waals surface area contributed by atoms with Gasteiger partial charge in [-0.15, -0.1) is 0 Å². The highest BCUT2D eigenvalue weighted by molar-refractivity contribution is 5.48. The Balaban J connectivity index is 2.13. The summed E-state index contributed by atoms with van der Waals surface area (Å²) in [6.07, 6.45) is 2.33. The van der Waals surface area contributed by atoms with Gasteiger partial charge in [-0.25, -0.2) is 0 Å². The van der Waals surface area contributed by atoms with Crippen molar-refractivity contribution in [2.45, 2.75) is 32.2 Å². The van der Waals surface area contributed by atoms with Crippen molar-refractivity contribution in [2.75, 3.05) is 18.0 Å². The summed E-state index contributed by atoms with van der Waals surface area (Å²) in [6.45, 7) is 6.37. The Morgan fingerprint density at radius 1 is 1.27 bits per heavy atom. The van der Waals surface area contributed by atoms with E-state index < -0.39 is 0 Å². The van der Waals surface area contributed by atoms with Gasteiger partial charge in [0.05, 0.1) is 0 Å². The molecule has 0 bridgehead atoms. The number of rotatable bonds is 1. The Morgan fingerprint density at radius 3 is 2.53 bits per heavy atom. The quantitative estimate of drug-likeness (QED) is 0.760. The van der Waals surface area contributed by atoms with Crippen LogP contribution in [0.1, 0.15) is 25.3 Å². The molecule has 1 fully saturated rings. The summed E-state index contributed by atoms with van der Waals surface area (Å²) < 4.78 is 0. The van der Waals surface area contributed by atoms with E-state index in [1.807, 2.05) is 0 Å². The van der Waals surface area contributed by atoms with Crippen molar-refractivity contribution < 1.29 is 0 Å². The van der Waals surface area contributed by atoms with E-state index in [0.29, 0.717) is 0 Å². The Bertz CT molecular complexity index is 327. The molecule has 0 spiro atoms. The average molecular weight is 204 g/mol. The Hall–Kier alpha value is -1.02. The van der Waals surface area contributed by atoms with Crippen LogP contribution in [0.15, 0.2) is 24.3 Å². The van der Waals surface area contributed by atoms with Crippen LogP contribution in [0.3, 0.4) is 0 Å². The lowest BCUT2D eigenvalue weighted by molar-refractivity contribution is 0.375. The van der Waals surface area contributed by atoms with Gasteiger partial charge >= 0.3 is 0 Å². The molecule has 2 heteroatoms. The maximum Gasteiger partial charge on any atom is 0.0367 e.